The molecule has 0 amide bonds. The van der Waals surface area contributed by atoms with Gasteiger partial charge in [-0.05, 0) is 42.8 Å². The van der Waals surface area contributed by atoms with Crippen LogP contribution >= 0.6 is 0 Å². The van der Waals surface area contributed by atoms with Crippen LogP contribution < -0.4 is 10.6 Å². The smallest absolute Gasteiger partial charge is 0.165 e. The highest BCUT2D eigenvalue weighted by Gasteiger charge is 2.00. The zero-order chi connectivity index (χ0) is 12.8. The molecule has 0 saturated heterocycles. The molecule has 0 aliphatic heterocycles. The fourth-order valence-corrected chi connectivity index (χ4v) is 1.26. The normalized spacial score (nSPS) is 11.8. The van der Waals surface area contributed by atoms with Gasteiger partial charge in [-0.25, -0.2) is 4.39 Å². The number of anilines is 1. The van der Waals surface area contributed by atoms with Crippen molar-refractivity contribution in [3.05, 3.63) is 53.6 Å². The molecule has 17 heavy (non-hydrogen) atoms. The molecule has 0 aliphatic rings. The van der Waals surface area contributed by atoms with Crippen LogP contribution in [0.5, 0.6) is 0 Å². The van der Waals surface area contributed by atoms with Gasteiger partial charge in [0, 0.05) is 18.9 Å². The zero-order valence-electron chi connectivity index (χ0n) is 9.85. The molecule has 1 aromatic rings. The molecule has 0 aliphatic carbocycles. The van der Waals surface area contributed by atoms with E-state index in [9.17, 15) is 9.18 Å². The number of carbonyl (C=O) groups excluding carboxylic acids is 1. The Hall–Kier alpha value is -2.10. The Morgan fingerprint density at radius 3 is 2.76 bits per heavy atom. The minimum Gasteiger partial charge on any atom is -0.396 e. The first-order chi connectivity index (χ1) is 8.04. The Morgan fingerprint density at radius 1 is 1.47 bits per heavy atom. The molecule has 1 aromatic carbocycles. The number of aldehydes is 1. The molecule has 0 radical (unpaired) electrons. The van der Waals surface area contributed by atoms with Crippen LogP contribution in [-0.4, -0.2) is 13.3 Å². The molecule has 3 nitrogen and oxygen atoms in total. The Balaban J connectivity index is 2.79. The molecule has 90 valence electrons. The lowest BCUT2D eigenvalue weighted by molar-refractivity contribution is -0.104. The van der Waals surface area contributed by atoms with Gasteiger partial charge in [0.15, 0.2) is 6.29 Å². The first-order valence-electron chi connectivity index (χ1n) is 5.12. The number of halogens is 1. The molecule has 4 heteroatoms. The van der Waals surface area contributed by atoms with Crippen molar-refractivity contribution in [3.8, 4) is 0 Å². The Labute approximate surface area is 100 Å². The van der Waals surface area contributed by atoms with Gasteiger partial charge in [0.05, 0.1) is 5.70 Å². The maximum atomic E-state index is 13.1. The van der Waals surface area contributed by atoms with E-state index in [0.717, 1.165) is 5.69 Å². The molecule has 0 unspecified atom stereocenters. The summed E-state index contributed by atoms with van der Waals surface area (Å²) in [6.07, 6.45) is 5.47. The van der Waals surface area contributed by atoms with Crippen molar-refractivity contribution >= 4 is 12.0 Å². The number of hydrogen-bond acceptors (Lipinski definition) is 3. The van der Waals surface area contributed by atoms with Crippen molar-refractivity contribution < 1.29 is 9.18 Å². The number of allylic oxidation sites excluding steroid dienone is 3. The molecule has 0 fully saturated rings. The van der Waals surface area contributed by atoms with Crippen molar-refractivity contribution in [2.45, 2.75) is 6.92 Å². The van der Waals surface area contributed by atoms with Gasteiger partial charge in [0.1, 0.15) is 5.82 Å². The number of carbonyl (C=O) groups is 1. The molecule has 0 heterocycles. The quantitative estimate of drug-likeness (QED) is 0.493. The average Bonchev–Trinajstić information content (AvgIpc) is 2.32. The summed E-state index contributed by atoms with van der Waals surface area (Å²) in [6, 6.07) is 4.84. The predicted octanol–water partition coefficient (Wildman–Crippen LogP) is 2.13. The van der Waals surface area contributed by atoms with Crippen LogP contribution in [-0.2, 0) is 4.79 Å². The maximum Gasteiger partial charge on any atom is 0.165 e. The summed E-state index contributed by atoms with van der Waals surface area (Å²) >= 11 is 0. The van der Waals surface area contributed by atoms with E-state index in [1.54, 1.807) is 36.2 Å². The molecule has 0 atom stereocenters. The largest absolute Gasteiger partial charge is 0.396 e. The maximum absolute atomic E-state index is 13.1. The van der Waals surface area contributed by atoms with E-state index in [-0.39, 0.29) is 11.5 Å². The fourth-order valence-electron chi connectivity index (χ4n) is 1.26. The van der Waals surface area contributed by atoms with Crippen LogP contribution in [0.4, 0.5) is 10.1 Å². The lowest BCUT2D eigenvalue weighted by Crippen LogP contribution is -2.08. The van der Waals surface area contributed by atoms with E-state index in [0.29, 0.717) is 11.8 Å². The fraction of sp³-hybridized carbons (Fsp3) is 0.154. The van der Waals surface area contributed by atoms with Crippen LogP contribution in [0.1, 0.15) is 5.56 Å². The number of hydrogen-bond donors (Lipinski definition) is 1. The average molecular weight is 234 g/mol. The SMILES string of the molecule is Cc1cc(N(C)/C=C\C=C(\N)C=O)ccc1F. The van der Waals surface area contributed by atoms with Crippen molar-refractivity contribution in [1.82, 2.24) is 0 Å². The Morgan fingerprint density at radius 2 is 2.18 bits per heavy atom. The summed E-state index contributed by atoms with van der Waals surface area (Å²) in [5.74, 6) is -0.226. The standard InChI is InChI=1S/C13H15FN2O/c1-10-8-12(5-6-13(10)14)16(2)7-3-4-11(15)9-17/h3-9H,15H2,1-2H3/b7-3-,11-4+. The van der Waals surface area contributed by atoms with Gasteiger partial charge in [-0.1, -0.05) is 0 Å². The van der Waals surface area contributed by atoms with E-state index < -0.39 is 0 Å². The van der Waals surface area contributed by atoms with Gasteiger partial charge in [-0.3, -0.25) is 4.79 Å². The van der Waals surface area contributed by atoms with E-state index in [1.165, 1.54) is 12.1 Å². The molecule has 0 spiro atoms. The van der Waals surface area contributed by atoms with Crippen LogP contribution in [0.3, 0.4) is 0 Å². The Bertz CT molecular complexity index is 466. The van der Waals surface area contributed by atoms with Crippen molar-refractivity contribution in [1.29, 1.82) is 0 Å². The highest BCUT2D eigenvalue weighted by atomic mass is 19.1. The number of nitrogens with zero attached hydrogens (tertiary/aromatic N) is 1. The minimum absolute atomic E-state index is 0.157. The summed E-state index contributed by atoms with van der Waals surface area (Å²) in [5.41, 5.74) is 6.92. The number of nitrogens with two attached hydrogens (primary N) is 1. The Kier molecular flexibility index (Phi) is 4.46. The molecule has 1 rings (SSSR count). The van der Waals surface area contributed by atoms with Gasteiger partial charge in [-0.15, -0.1) is 0 Å². The summed E-state index contributed by atoms with van der Waals surface area (Å²) in [5, 5.41) is 0. The summed E-state index contributed by atoms with van der Waals surface area (Å²) in [4.78, 5) is 12.1. The van der Waals surface area contributed by atoms with E-state index >= 15 is 0 Å². The predicted molar refractivity (Wildman–Crippen MR) is 67.0 cm³/mol. The topological polar surface area (TPSA) is 46.3 Å². The number of benzene rings is 1. The highest BCUT2D eigenvalue weighted by molar-refractivity contribution is 5.72. The monoisotopic (exact) mass is 234 g/mol. The van der Waals surface area contributed by atoms with Gasteiger partial charge in [-0.2, -0.15) is 0 Å². The van der Waals surface area contributed by atoms with Crippen LogP contribution in [0.2, 0.25) is 0 Å². The van der Waals surface area contributed by atoms with E-state index in [1.807, 2.05) is 7.05 Å². The molecule has 0 bridgehead atoms. The third kappa shape index (κ3) is 3.75. The van der Waals surface area contributed by atoms with Gasteiger partial charge in [0.2, 0.25) is 0 Å². The lowest BCUT2D eigenvalue weighted by Gasteiger charge is -2.14. The molecular formula is C13H15FN2O. The van der Waals surface area contributed by atoms with Crippen LogP contribution in [0.15, 0.2) is 42.2 Å². The second-order valence-corrected chi connectivity index (χ2v) is 3.67. The zero-order valence-corrected chi connectivity index (χ0v) is 9.85. The molecule has 0 aromatic heterocycles. The second kappa shape index (κ2) is 5.84. The van der Waals surface area contributed by atoms with E-state index in [2.05, 4.69) is 0 Å². The van der Waals surface area contributed by atoms with Gasteiger partial charge in [0.25, 0.3) is 0 Å². The second-order valence-electron chi connectivity index (χ2n) is 3.67. The third-order valence-electron chi connectivity index (χ3n) is 2.28. The molecular weight excluding hydrogens is 219 g/mol. The van der Waals surface area contributed by atoms with Crippen molar-refractivity contribution in [2.24, 2.45) is 5.73 Å². The summed E-state index contributed by atoms with van der Waals surface area (Å²) in [7, 11) is 1.83. The first kappa shape index (κ1) is 13.0. The number of aryl methyl sites for hydroxylation is 1. The third-order valence-corrected chi connectivity index (χ3v) is 2.28. The number of rotatable bonds is 4. The summed E-state index contributed by atoms with van der Waals surface area (Å²) < 4.78 is 13.1. The van der Waals surface area contributed by atoms with Crippen LogP contribution in [0.25, 0.3) is 0 Å². The summed E-state index contributed by atoms with van der Waals surface area (Å²) in [6.45, 7) is 1.71. The first-order valence-corrected chi connectivity index (χ1v) is 5.12. The minimum atomic E-state index is -0.226. The lowest BCUT2D eigenvalue weighted by atomic mass is 10.2. The molecule has 2 N–H and O–H groups in total. The van der Waals surface area contributed by atoms with Gasteiger partial charge >= 0.3 is 0 Å². The van der Waals surface area contributed by atoms with Crippen molar-refractivity contribution in [2.75, 3.05) is 11.9 Å². The van der Waals surface area contributed by atoms with Gasteiger partial charge < -0.3 is 10.6 Å². The van der Waals surface area contributed by atoms with Crippen LogP contribution in [0, 0.1) is 12.7 Å². The van der Waals surface area contributed by atoms with Crippen molar-refractivity contribution in [3.63, 3.8) is 0 Å². The highest BCUT2D eigenvalue weighted by Crippen LogP contribution is 2.17. The molecule has 0 saturated carbocycles. The van der Waals surface area contributed by atoms with E-state index in [4.69, 9.17) is 5.73 Å².